The van der Waals surface area contributed by atoms with Crippen LogP contribution in [-0.4, -0.2) is 49.0 Å². The number of amides is 2. The van der Waals surface area contributed by atoms with Crippen molar-refractivity contribution in [1.82, 2.24) is 10.2 Å². The van der Waals surface area contributed by atoms with Gasteiger partial charge in [-0.3, -0.25) is 9.59 Å². The smallest absolute Gasteiger partial charge is 0.387 e. The van der Waals surface area contributed by atoms with Crippen molar-refractivity contribution in [3.63, 3.8) is 0 Å². The van der Waals surface area contributed by atoms with Crippen LogP contribution in [0.5, 0.6) is 5.75 Å². The summed E-state index contributed by atoms with van der Waals surface area (Å²) in [6.07, 6.45) is 1.21. The van der Waals surface area contributed by atoms with Gasteiger partial charge in [0.05, 0.1) is 5.56 Å². The Bertz CT molecular complexity index is 613. The van der Waals surface area contributed by atoms with Gasteiger partial charge < -0.3 is 20.7 Å². The summed E-state index contributed by atoms with van der Waals surface area (Å²) < 4.78 is 29.5. The number of benzene rings is 1. The maximum Gasteiger partial charge on any atom is 0.387 e. The minimum absolute atomic E-state index is 0.0258. The molecule has 0 bridgehead atoms. The van der Waals surface area contributed by atoms with Gasteiger partial charge in [-0.25, -0.2) is 0 Å². The van der Waals surface area contributed by atoms with E-state index in [1.807, 2.05) is 6.92 Å². The third-order valence-corrected chi connectivity index (χ3v) is 4.18. The largest absolute Gasteiger partial charge is 0.434 e. The molecule has 3 N–H and O–H groups in total. The molecular formula is C17H23F2N3O3. The van der Waals surface area contributed by atoms with E-state index in [0.717, 1.165) is 0 Å². The first kappa shape index (κ1) is 19.1. The number of rotatable bonds is 7. The summed E-state index contributed by atoms with van der Waals surface area (Å²) in [7, 11) is 0. The van der Waals surface area contributed by atoms with Gasteiger partial charge in [0.25, 0.3) is 5.91 Å². The second-order valence-corrected chi connectivity index (χ2v) is 6.12. The molecule has 138 valence electrons. The predicted octanol–water partition coefficient (Wildman–Crippen LogP) is 1.60. The van der Waals surface area contributed by atoms with E-state index < -0.39 is 18.6 Å². The van der Waals surface area contributed by atoms with E-state index in [9.17, 15) is 18.4 Å². The number of carbonyl (C=O) groups excluding carboxylic acids is 2. The molecule has 0 aliphatic carbocycles. The molecule has 2 atom stereocenters. The summed E-state index contributed by atoms with van der Waals surface area (Å²) in [6.45, 7) is 0.164. The highest BCUT2D eigenvalue weighted by atomic mass is 19.3. The van der Waals surface area contributed by atoms with E-state index in [2.05, 4.69) is 10.1 Å². The van der Waals surface area contributed by atoms with Gasteiger partial charge in [0, 0.05) is 13.1 Å². The second kappa shape index (κ2) is 8.75. The monoisotopic (exact) mass is 355 g/mol. The van der Waals surface area contributed by atoms with Crippen molar-refractivity contribution in [3.05, 3.63) is 29.8 Å². The Kier molecular flexibility index (Phi) is 6.69. The first-order chi connectivity index (χ1) is 11.9. The molecule has 1 aliphatic heterocycles. The highest BCUT2D eigenvalue weighted by molar-refractivity contribution is 6.00. The first-order valence-electron chi connectivity index (χ1n) is 8.26. The molecule has 2 rings (SSSR count). The number of hydrogen-bond acceptors (Lipinski definition) is 4. The number of ether oxygens (including phenoxy) is 1. The summed E-state index contributed by atoms with van der Waals surface area (Å²) in [5.41, 5.74) is 5.55. The molecule has 1 aromatic carbocycles. The van der Waals surface area contributed by atoms with Gasteiger partial charge in [-0.2, -0.15) is 8.78 Å². The lowest BCUT2D eigenvalue weighted by atomic mass is 10.1. The van der Waals surface area contributed by atoms with Gasteiger partial charge in [0.1, 0.15) is 11.8 Å². The summed E-state index contributed by atoms with van der Waals surface area (Å²) in [6, 6.07) is 5.20. The fourth-order valence-electron chi connectivity index (χ4n) is 2.76. The number of likely N-dealkylation sites (tertiary alicyclic amines) is 1. The molecule has 1 aromatic rings. The molecule has 25 heavy (non-hydrogen) atoms. The van der Waals surface area contributed by atoms with Gasteiger partial charge in [-0.1, -0.05) is 19.1 Å². The average molecular weight is 355 g/mol. The van der Waals surface area contributed by atoms with E-state index >= 15 is 0 Å². The highest BCUT2D eigenvalue weighted by Crippen LogP contribution is 2.26. The van der Waals surface area contributed by atoms with Gasteiger partial charge in [0.15, 0.2) is 0 Å². The number of nitrogens with two attached hydrogens (primary N) is 1. The Morgan fingerprint density at radius 3 is 2.80 bits per heavy atom. The number of nitrogens with zero attached hydrogens (tertiary/aromatic N) is 1. The van der Waals surface area contributed by atoms with Crippen molar-refractivity contribution in [2.75, 3.05) is 19.6 Å². The number of hydrogen-bond donors (Lipinski definition) is 2. The molecule has 0 aromatic heterocycles. The molecule has 8 heteroatoms. The Hall–Kier alpha value is -2.22. The van der Waals surface area contributed by atoms with Crippen molar-refractivity contribution in [2.45, 2.75) is 32.4 Å². The minimum atomic E-state index is -3.02. The zero-order valence-electron chi connectivity index (χ0n) is 14.1. The van der Waals surface area contributed by atoms with Crippen LogP contribution in [0.4, 0.5) is 8.78 Å². The number of para-hydroxylation sites is 1. The van der Waals surface area contributed by atoms with Crippen LogP contribution in [0.2, 0.25) is 0 Å². The van der Waals surface area contributed by atoms with E-state index in [1.165, 1.54) is 23.1 Å². The normalized spacial score (nSPS) is 18.3. The molecule has 2 amide bonds. The molecule has 1 saturated heterocycles. The van der Waals surface area contributed by atoms with Crippen LogP contribution in [0.25, 0.3) is 0 Å². The minimum Gasteiger partial charge on any atom is -0.434 e. The topological polar surface area (TPSA) is 84.7 Å². The highest BCUT2D eigenvalue weighted by Gasteiger charge is 2.35. The lowest BCUT2D eigenvalue weighted by molar-refractivity contribution is -0.125. The second-order valence-electron chi connectivity index (χ2n) is 6.12. The van der Waals surface area contributed by atoms with Crippen LogP contribution < -0.4 is 15.8 Å². The molecule has 1 heterocycles. The molecule has 0 radical (unpaired) electrons. The SMILES string of the molecule is CC(CN)CNC(=O)C1CCCN1C(=O)c1ccccc1OC(F)F. The summed E-state index contributed by atoms with van der Waals surface area (Å²) in [5.74, 6) is -0.792. The van der Waals surface area contributed by atoms with Crippen LogP contribution in [0.1, 0.15) is 30.1 Å². The summed E-state index contributed by atoms with van der Waals surface area (Å²) in [5, 5.41) is 2.79. The number of nitrogens with one attached hydrogen (secondary N) is 1. The number of alkyl halides is 2. The molecule has 0 saturated carbocycles. The quantitative estimate of drug-likeness (QED) is 0.778. The maximum atomic E-state index is 12.8. The fourth-order valence-corrected chi connectivity index (χ4v) is 2.76. The van der Waals surface area contributed by atoms with Gasteiger partial charge >= 0.3 is 6.61 Å². The van der Waals surface area contributed by atoms with E-state index in [0.29, 0.717) is 32.5 Å². The summed E-state index contributed by atoms with van der Waals surface area (Å²) >= 11 is 0. The molecule has 0 spiro atoms. The third-order valence-electron chi connectivity index (χ3n) is 4.18. The predicted molar refractivity (Wildman–Crippen MR) is 88.4 cm³/mol. The fraction of sp³-hybridized carbons (Fsp3) is 0.529. The van der Waals surface area contributed by atoms with E-state index in [4.69, 9.17) is 5.73 Å². The van der Waals surface area contributed by atoms with E-state index in [-0.39, 0.29) is 23.1 Å². The van der Waals surface area contributed by atoms with Crippen molar-refractivity contribution >= 4 is 11.8 Å². The van der Waals surface area contributed by atoms with Gasteiger partial charge in [-0.05, 0) is 37.4 Å². The number of carbonyl (C=O) groups is 2. The van der Waals surface area contributed by atoms with Crippen molar-refractivity contribution in [1.29, 1.82) is 0 Å². The van der Waals surface area contributed by atoms with Crippen molar-refractivity contribution < 1.29 is 23.1 Å². The van der Waals surface area contributed by atoms with Crippen LogP contribution in [0.15, 0.2) is 24.3 Å². The molecule has 2 unspecified atom stereocenters. The van der Waals surface area contributed by atoms with Crippen LogP contribution in [-0.2, 0) is 4.79 Å². The Morgan fingerprint density at radius 1 is 1.40 bits per heavy atom. The zero-order valence-corrected chi connectivity index (χ0v) is 14.1. The number of halogens is 2. The third kappa shape index (κ3) is 4.88. The molecule has 1 aliphatic rings. The van der Waals surface area contributed by atoms with Gasteiger partial charge in [-0.15, -0.1) is 0 Å². The molecular weight excluding hydrogens is 332 g/mol. The standard InChI is InChI=1S/C17H23F2N3O3/c1-11(9-20)10-21-15(23)13-6-4-8-22(13)16(24)12-5-2-3-7-14(12)25-17(18)19/h2-3,5,7,11,13,17H,4,6,8-10,20H2,1H3,(H,21,23). The zero-order chi connectivity index (χ0) is 18.4. The Balaban J connectivity index is 2.11. The van der Waals surface area contributed by atoms with Crippen molar-refractivity contribution in [2.24, 2.45) is 11.7 Å². The van der Waals surface area contributed by atoms with E-state index in [1.54, 1.807) is 6.07 Å². The summed E-state index contributed by atoms with van der Waals surface area (Å²) in [4.78, 5) is 26.5. The van der Waals surface area contributed by atoms with Gasteiger partial charge in [0.2, 0.25) is 5.91 Å². The van der Waals surface area contributed by atoms with Crippen LogP contribution >= 0.6 is 0 Å². The first-order valence-corrected chi connectivity index (χ1v) is 8.26. The molecule has 1 fully saturated rings. The maximum absolute atomic E-state index is 12.8. The van der Waals surface area contributed by atoms with Crippen LogP contribution in [0.3, 0.4) is 0 Å². The average Bonchev–Trinajstić information content (AvgIpc) is 3.08. The lowest BCUT2D eigenvalue weighted by Crippen LogP contribution is -2.47. The Labute approximate surface area is 145 Å². The molecule has 6 nitrogen and oxygen atoms in total. The van der Waals surface area contributed by atoms with Crippen molar-refractivity contribution in [3.8, 4) is 5.75 Å². The lowest BCUT2D eigenvalue weighted by Gasteiger charge is -2.25. The van der Waals surface area contributed by atoms with Crippen LogP contribution in [0, 0.1) is 5.92 Å². The Morgan fingerprint density at radius 2 is 2.12 bits per heavy atom.